The van der Waals surface area contributed by atoms with Crippen molar-refractivity contribution in [2.45, 2.75) is 25.7 Å². The van der Waals surface area contributed by atoms with Crippen LogP contribution in [0.15, 0.2) is 48.5 Å². The lowest BCUT2D eigenvalue weighted by Gasteiger charge is -2.16. The van der Waals surface area contributed by atoms with Crippen molar-refractivity contribution in [1.29, 1.82) is 0 Å². The Morgan fingerprint density at radius 3 is 2.63 bits per heavy atom. The molecule has 2 amide bonds. The molecule has 0 atom stereocenters. The molecular formula is C21H24N2O4. The fraction of sp³-hybridized carbons (Fsp3) is 0.333. The molecule has 0 radical (unpaired) electrons. The molecule has 3 rings (SSSR count). The zero-order valence-electron chi connectivity index (χ0n) is 15.4. The van der Waals surface area contributed by atoms with Crippen LogP contribution in [0.4, 0.5) is 11.4 Å². The second kappa shape index (κ2) is 9.07. The van der Waals surface area contributed by atoms with Gasteiger partial charge in [-0.3, -0.25) is 9.59 Å². The van der Waals surface area contributed by atoms with Crippen LogP contribution < -0.4 is 19.7 Å². The first-order valence-electron chi connectivity index (χ1n) is 9.13. The smallest absolute Gasteiger partial charge is 0.227 e. The van der Waals surface area contributed by atoms with Crippen LogP contribution in [0.3, 0.4) is 0 Å². The summed E-state index contributed by atoms with van der Waals surface area (Å²) in [5, 5.41) is 2.89. The number of nitrogens with zero attached hydrogens (tertiary/aromatic N) is 1. The molecule has 6 heteroatoms. The third-order valence-corrected chi connectivity index (χ3v) is 4.39. The highest BCUT2D eigenvalue weighted by atomic mass is 16.5. The maximum atomic E-state index is 12.1. The van der Waals surface area contributed by atoms with Crippen molar-refractivity contribution >= 4 is 23.2 Å². The first kappa shape index (κ1) is 18.8. The molecule has 0 saturated carbocycles. The topological polar surface area (TPSA) is 67.9 Å². The number of nitrogens with one attached hydrogen (secondary N) is 1. The molecule has 1 fully saturated rings. The molecule has 1 heterocycles. The number of carbonyl (C=O) groups is 2. The zero-order chi connectivity index (χ0) is 19.1. The first-order chi connectivity index (χ1) is 13.2. The Bertz CT molecular complexity index is 789. The summed E-state index contributed by atoms with van der Waals surface area (Å²) in [5.41, 5.74) is 1.53. The summed E-state index contributed by atoms with van der Waals surface area (Å²) in [5.74, 6) is 1.59. The van der Waals surface area contributed by atoms with Crippen molar-refractivity contribution in [2.24, 2.45) is 0 Å². The minimum Gasteiger partial charge on any atom is -0.497 e. The van der Waals surface area contributed by atoms with Crippen molar-refractivity contribution < 1.29 is 19.1 Å². The number of hydrogen-bond donors (Lipinski definition) is 1. The maximum Gasteiger partial charge on any atom is 0.227 e. The van der Waals surface area contributed by atoms with Gasteiger partial charge >= 0.3 is 0 Å². The molecule has 6 nitrogen and oxygen atoms in total. The number of amides is 2. The molecule has 0 aromatic heterocycles. The van der Waals surface area contributed by atoms with E-state index >= 15 is 0 Å². The maximum absolute atomic E-state index is 12.1. The van der Waals surface area contributed by atoms with Gasteiger partial charge in [0.15, 0.2) is 0 Å². The SMILES string of the molecule is COc1ccc(OCCCC(=O)Nc2cccc(N3CCCC3=O)c2)cc1. The third-order valence-electron chi connectivity index (χ3n) is 4.39. The summed E-state index contributed by atoms with van der Waals surface area (Å²) in [6, 6.07) is 14.8. The number of rotatable bonds is 8. The molecule has 0 aliphatic carbocycles. The van der Waals surface area contributed by atoms with Crippen molar-refractivity contribution in [1.82, 2.24) is 0 Å². The average molecular weight is 368 g/mol. The van der Waals surface area contributed by atoms with Crippen molar-refractivity contribution in [3.63, 3.8) is 0 Å². The molecule has 0 spiro atoms. The van der Waals surface area contributed by atoms with Crippen LogP contribution in [0.1, 0.15) is 25.7 Å². The Hall–Kier alpha value is -3.02. The Morgan fingerprint density at radius 2 is 1.93 bits per heavy atom. The predicted octanol–water partition coefficient (Wildman–Crippen LogP) is 3.62. The van der Waals surface area contributed by atoms with Gasteiger partial charge in [0.2, 0.25) is 11.8 Å². The van der Waals surface area contributed by atoms with Crippen LogP contribution in [0.2, 0.25) is 0 Å². The van der Waals surface area contributed by atoms with Gasteiger partial charge in [0.05, 0.1) is 13.7 Å². The molecule has 0 unspecified atom stereocenters. The number of ether oxygens (including phenoxy) is 2. The Morgan fingerprint density at radius 1 is 1.15 bits per heavy atom. The van der Waals surface area contributed by atoms with E-state index in [1.54, 1.807) is 12.0 Å². The number of anilines is 2. The molecule has 0 bridgehead atoms. The first-order valence-corrected chi connectivity index (χ1v) is 9.13. The van der Waals surface area contributed by atoms with E-state index < -0.39 is 0 Å². The van der Waals surface area contributed by atoms with Gasteiger partial charge in [-0.1, -0.05) is 6.07 Å². The summed E-state index contributed by atoms with van der Waals surface area (Å²) in [6.45, 7) is 1.20. The van der Waals surface area contributed by atoms with Gasteiger partial charge < -0.3 is 19.7 Å². The predicted molar refractivity (Wildman–Crippen MR) is 104 cm³/mol. The number of hydrogen-bond acceptors (Lipinski definition) is 4. The second-order valence-electron chi connectivity index (χ2n) is 6.37. The fourth-order valence-corrected chi connectivity index (χ4v) is 2.99. The van der Waals surface area contributed by atoms with Gasteiger partial charge in [0, 0.05) is 30.8 Å². The third kappa shape index (κ3) is 5.23. The molecule has 27 heavy (non-hydrogen) atoms. The lowest BCUT2D eigenvalue weighted by Crippen LogP contribution is -2.23. The summed E-state index contributed by atoms with van der Waals surface area (Å²) < 4.78 is 10.7. The van der Waals surface area contributed by atoms with Crippen LogP contribution in [-0.2, 0) is 9.59 Å². The van der Waals surface area contributed by atoms with Crippen LogP contribution in [0.25, 0.3) is 0 Å². The number of methoxy groups -OCH3 is 1. The molecule has 1 saturated heterocycles. The molecule has 1 aliphatic rings. The fourth-order valence-electron chi connectivity index (χ4n) is 2.99. The molecule has 2 aromatic rings. The van der Waals surface area contributed by atoms with Crippen molar-refractivity contribution in [3.8, 4) is 11.5 Å². The highest BCUT2D eigenvalue weighted by molar-refractivity contribution is 5.97. The molecule has 2 aromatic carbocycles. The Kier molecular flexibility index (Phi) is 6.30. The van der Waals surface area contributed by atoms with Gasteiger partial charge in [-0.15, -0.1) is 0 Å². The van der Waals surface area contributed by atoms with Crippen LogP contribution in [0, 0.1) is 0 Å². The average Bonchev–Trinajstić information content (AvgIpc) is 3.12. The Labute approximate surface area is 159 Å². The van der Waals surface area contributed by atoms with Crippen LogP contribution >= 0.6 is 0 Å². The van der Waals surface area contributed by atoms with E-state index in [0.717, 1.165) is 30.2 Å². The largest absolute Gasteiger partial charge is 0.497 e. The van der Waals surface area contributed by atoms with Gasteiger partial charge in [-0.25, -0.2) is 0 Å². The number of benzene rings is 2. The molecule has 142 valence electrons. The molecular weight excluding hydrogens is 344 g/mol. The summed E-state index contributed by atoms with van der Waals surface area (Å²) in [6.07, 6.45) is 2.44. The van der Waals surface area contributed by atoms with Crippen LogP contribution in [-0.4, -0.2) is 32.1 Å². The van der Waals surface area contributed by atoms with E-state index in [2.05, 4.69) is 5.32 Å². The van der Waals surface area contributed by atoms with Gasteiger partial charge in [-0.2, -0.15) is 0 Å². The second-order valence-corrected chi connectivity index (χ2v) is 6.37. The Balaban J connectivity index is 1.43. The summed E-state index contributed by atoms with van der Waals surface area (Å²) >= 11 is 0. The summed E-state index contributed by atoms with van der Waals surface area (Å²) in [7, 11) is 1.62. The van der Waals surface area contributed by atoms with Gasteiger partial charge in [0.1, 0.15) is 11.5 Å². The molecule has 1 aliphatic heterocycles. The van der Waals surface area contributed by atoms with E-state index in [9.17, 15) is 9.59 Å². The highest BCUT2D eigenvalue weighted by Gasteiger charge is 2.21. The standard InChI is InChI=1S/C21H24N2O4/c1-26-18-9-11-19(12-10-18)27-14-4-7-20(24)22-16-5-2-6-17(15-16)23-13-3-8-21(23)25/h2,5-6,9-12,15H,3-4,7-8,13-14H2,1H3,(H,22,24). The van der Waals surface area contributed by atoms with Gasteiger partial charge in [0.25, 0.3) is 0 Å². The highest BCUT2D eigenvalue weighted by Crippen LogP contribution is 2.24. The van der Waals surface area contributed by atoms with Gasteiger partial charge in [-0.05, 0) is 55.3 Å². The number of carbonyl (C=O) groups excluding carboxylic acids is 2. The lowest BCUT2D eigenvalue weighted by atomic mass is 10.2. The molecule has 1 N–H and O–H groups in total. The van der Waals surface area contributed by atoms with Crippen molar-refractivity contribution in [2.75, 3.05) is 30.5 Å². The van der Waals surface area contributed by atoms with Crippen molar-refractivity contribution in [3.05, 3.63) is 48.5 Å². The normalized spacial score (nSPS) is 13.5. The zero-order valence-corrected chi connectivity index (χ0v) is 15.4. The minimum absolute atomic E-state index is 0.0711. The van der Waals surface area contributed by atoms with E-state index in [-0.39, 0.29) is 11.8 Å². The minimum atomic E-state index is -0.0711. The summed E-state index contributed by atoms with van der Waals surface area (Å²) in [4.78, 5) is 25.8. The van der Waals surface area contributed by atoms with E-state index in [0.29, 0.717) is 31.6 Å². The van der Waals surface area contributed by atoms with Crippen LogP contribution in [0.5, 0.6) is 11.5 Å². The van der Waals surface area contributed by atoms with E-state index in [1.807, 2.05) is 48.5 Å². The monoisotopic (exact) mass is 368 g/mol. The van der Waals surface area contributed by atoms with E-state index in [1.165, 1.54) is 0 Å². The van der Waals surface area contributed by atoms with E-state index in [4.69, 9.17) is 9.47 Å². The lowest BCUT2D eigenvalue weighted by molar-refractivity contribution is -0.117. The quantitative estimate of drug-likeness (QED) is 0.723.